The van der Waals surface area contributed by atoms with Crippen molar-refractivity contribution >= 4 is 114 Å². The van der Waals surface area contributed by atoms with Gasteiger partial charge in [-0.3, -0.25) is 0 Å². The minimum Gasteiger partial charge on any atom is -0.311 e. The Morgan fingerprint density at radius 1 is 0.203 bits per heavy atom. The van der Waals surface area contributed by atoms with Crippen LogP contribution in [0.2, 0.25) is 0 Å². The molecule has 9 aromatic carbocycles. The standard InChI is InChI=1S/C54H37N3S2/c1-5-15-38(16-6-1)55(39-17-7-2-8-18-39)42-25-27-43(28-26-42)57(45-30-32-52-48(35-45)47-23-13-14-24-51(47)58-52)46-31-34-54-50(37-46)49-36-44(29-33-53(49)59-54)56(40-19-9-3-10-20-40)41-21-11-4-12-22-41/h1-37H. The molecule has 0 fully saturated rings. The topological polar surface area (TPSA) is 9.72 Å². The van der Waals surface area contributed by atoms with Gasteiger partial charge in [0.2, 0.25) is 0 Å². The van der Waals surface area contributed by atoms with Gasteiger partial charge in [-0.15, -0.1) is 22.7 Å². The van der Waals surface area contributed by atoms with E-state index in [-0.39, 0.29) is 0 Å². The molecule has 280 valence electrons. The van der Waals surface area contributed by atoms with Crippen LogP contribution in [0, 0.1) is 0 Å². The third kappa shape index (κ3) is 6.47. The van der Waals surface area contributed by atoms with E-state index in [1.165, 1.54) is 40.3 Å². The van der Waals surface area contributed by atoms with Crippen molar-refractivity contribution in [2.45, 2.75) is 0 Å². The quantitative estimate of drug-likeness (QED) is 0.144. The molecule has 0 spiro atoms. The highest BCUT2D eigenvalue weighted by atomic mass is 32.1. The summed E-state index contributed by atoms with van der Waals surface area (Å²) in [7, 11) is 0. The number of nitrogens with zero attached hydrogens (tertiary/aromatic N) is 3. The summed E-state index contributed by atoms with van der Waals surface area (Å²) in [4.78, 5) is 7.07. The molecule has 3 nitrogen and oxygen atoms in total. The molecule has 0 N–H and O–H groups in total. The fraction of sp³-hybridized carbons (Fsp3) is 0. The maximum atomic E-state index is 2.41. The van der Waals surface area contributed by atoms with Gasteiger partial charge in [-0.2, -0.15) is 0 Å². The van der Waals surface area contributed by atoms with Crippen LogP contribution in [0.3, 0.4) is 0 Å². The van der Waals surface area contributed by atoms with E-state index in [2.05, 4.69) is 239 Å². The van der Waals surface area contributed by atoms with Crippen LogP contribution >= 0.6 is 22.7 Å². The van der Waals surface area contributed by atoms with Crippen molar-refractivity contribution in [3.63, 3.8) is 0 Å². The summed E-state index contributed by atoms with van der Waals surface area (Å²) < 4.78 is 5.13. The molecule has 11 rings (SSSR count). The first kappa shape index (κ1) is 35.0. The van der Waals surface area contributed by atoms with Crippen LogP contribution in [0.15, 0.2) is 224 Å². The molecular formula is C54H37N3S2. The largest absolute Gasteiger partial charge is 0.311 e. The lowest BCUT2D eigenvalue weighted by molar-refractivity contribution is 1.26. The maximum Gasteiger partial charge on any atom is 0.0468 e. The molecule has 0 saturated heterocycles. The average Bonchev–Trinajstić information content (AvgIpc) is 3.86. The van der Waals surface area contributed by atoms with Crippen LogP contribution in [0.1, 0.15) is 0 Å². The van der Waals surface area contributed by atoms with E-state index in [1.807, 2.05) is 22.7 Å². The highest BCUT2D eigenvalue weighted by molar-refractivity contribution is 7.26. The molecule has 0 saturated carbocycles. The van der Waals surface area contributed by atoms with E-state index in [4.69, 9.17) is 0 Å². The fourth-order valence-electron chi connectivity index (χ4n) is 8.29. The Kier molecular flexibility index (Phi) is 8.88. The predicted octanol–water partition coefficient (Wildman–Crippen LogP) is 16.8. The fourth-order valence-corrected chi connectivity index (χ4v) is 10.4. The first-order valence-corrected chi connectivity index (χ1v) is 21.5. The zero-order valence-corrected chi connectivity index (χ0v) is 33.7. The number of hydrogen-bond donors (Lipinski definition) is 0. The molecule has 0 aliphatic rings. The van der Waals surface area contributed by atoms with Crippen molar-refractivity contribution < 1.29 is 0 Å². The molecule has 0 radical (unpaired) electrons. The van der Waals surface area contributed by atoms with Crippen molar-refractivity contribution in [3.05, 3.63) is 224 Å². The number of fused-ring (bicyclic) bond motifs is 6. The Morgan fingerprint density at radius 3 is 0.847 bits per heavy atom. The molecule has 0 atom stereocenters. The molecule has 0 aliphatic carbocycles. The third-order valence-corrected chi connectivity index (χ3v) is 13.3. The number of benzene rings is 9. The highest BCUT2D eigenvalue weighted by Gasteiger charge is 2.20. The third-order valence-electron chi connectivity index (χ3n) is 11.0. The van der Waals surface area contributed by atoms with Gasteiger partial charge in [0.1, 0.15) is 0 Å². The van der Waals surface area contributed by atoms with Crippen molar-refractivity contribution in [3.8, 4) is 0 Å². The average molecular weight is 792 g/mol. The van der Waals surface area contributed by atoms with E-state index in [9.17, 15) is 0 Å². The summed E-state index contributed by atoms with van der Waals surface area (Å²) in [5.74, 6) is 0. The van der Waals surface area contributed by atoms with Gasteiger partial charge in [-0.1, -0.05) is 91.0 Å². The van der Waals surface area contributed by atoms with Gasteiger partial charge in [-0.25, -0.2) is 0 Å². The zero-order chi connectivity index (χ0) is 39.1. The minimum atomic E-state index is 1.09. The van der Waals surface area contributed by atoms with Gasteiger partial charge in [0.25, 0.3) is 0 Å². The van der Waals surface area contributed by atoms with Gasteiger partial charge < -0.3 is 14.7 Å². The van der Waals surface area contributed by atoms with Crippen molar-refractivity contribution in [2.75, 3.05) is 14.7 Å². The van der Waals surface area contributed by atoms with E-state index in [0.29, 0.717) is 0 Å². The maximum absolute atomic E-state index is 2.41. The number of rotatable bonds is 9. The Bertz CT molecular complexity index is 3140. The van der Waals surface area contributed by atoms with Gasteiger partial charge in [0.15, 0.2) is 0 Å². The molecule has 0 amide bonds. The van der Waals surface area contributed by atoms with E-state index >= 15 is 0 Å². The van der Waals surface area contributed by atoms with Crippen LogP contribution < -0.4 is 14.7 Å². The summed E-state index contributed by atoms with van der Waals surface area (Å²) in [6.45, 7) is 0. The van der Waals surface area contributed by atoms with Crippen molar-refractivity contribution in [1.82, 2.24) is 0 Å². The van der Waals surface area contributed by atoms with E-state index in [0.717, 1.165) is 51.2 Å². The van der Waals surface area contributed by atoms with E-state index < -0.39 is 0 Å². The smallest absolute Gasteiger partial charge is 0.0468 e. The summed E-state index contributed by atoms with van der Waals surface area (Å²) in [6.07, 6.45) is 0. The molecule has 2 heterocycles. The minimum absolute atomic E-state index is 1.09. The molecular weight excluding hydrogens is 755 g/mol. The van der Waals surface area contributed by atoms with Crippen LogP contribution in [0.4, 0.5) is 51.2 Å². The van der Waals surface area contributed by atoms with E-state index in [1.54, 1.807) is 0 Å². The monoisotopic (exact) mass is 791 g/mol. The zero-order valence-electron chi connectivity index (χ0n) is 32.0. The second kappa shape index (κ2) is 15.0. The Hall–Kier alpha value is -7.18. The number of thiophene rings is 2. The summed E-state index contributed by atoms with van der Waals surface area (Å²) in [5.41, 5.74) is 10.0. The number of para-hydroxylation sites is 4. The molecule has 0 bridgehead atoms. The number of hydrogen-bond acceptors (Lipinski definition) is 5. The molecule has 59 heavy (non-hydrogen) atoms. The van der Waals surface area contributed by atoms with Gasteiger partial charge >= 0.3 is 0 Å². The second-order valence-corrected chi connectivity index (χ2v) is 16.8. The number of anilines is 9. The molecule has 2 aromatic heterocycles. The Balaban J connectivity index is 1.07. The molecule has 0 aliphatic heterocycles. The van der Waals surface area contributed by atoms with Crippen molar-refractivity contribution in [1.29, 1.82) is 0 Å². The predicted molar refractivity (Wildman–Crippen MR) is 256 cm³/mol. The lowest BCUT2D eigenvalue weighted by Gasteiger charge is -2.28. The van der Waals surface area contributed by atoms with Gasteiger partial charge in [0.05, 0.1) is 0 Å². The summed E-state index contributed by atoms with van der Waals surface area (Å²) >= 11 is 3.70. The SMILES string of the molecule is c1ccc(N(c2ccccc2)c2ccc(N(c3ccc4sc5ccccc5c4c3)c3ccc4sc5ccc(N(c6ccccc6)c6ccccc6)cc5c4c3)cc2)cc1. The van der Waals surface area contributed by atoms with Crippen molar-refractivity contribution in [2.24, 2.45) is 0 Å². The van der Waals surface area contributed by atoms with Crippen LogP contribution in [0.5, 0.6) is 0 Å². The lowest BCUT2D eigenvalue weighted by atomic mass is 10.1. The summed E-state index contributed by atoms with van der Waals surface area (Å²) in [6, 6.07) is 81.0. The first-order valence-electron chi connectivity index (χ1n) is 19.8. The van der Waals surface area contributed by atoms with Gasteiger partial charge in [0, 0.05) is 91.5 Å². The van der Waals surface area contributed by atoms with Crippen LogP contribution in [0.25, 0.3) is 40.3 Å². The second-order valence-electron chi connectivity index (χ2n) is 14.6. The lowest BCUT2D eigenvalue weighted by Crippen LogP contribution is -2.12. The Morgan fingerprint density at radius 2 is 0.458 bits per heavy atom. The molecule has 11 aromatic rings. The normalized spacial score (nSPS) is 11.4. The Labute approximate surface area is 351 Å². The van der Waals surface area contributed by atoms with Gasteiger partial charge in [-0.05, 0) is 133 Å². The highest BCUT2D eigenvalue weighted by Crippen LogP contribution is 2.46. The summed E-state index contributed by atoms with van der Waals surface area (Å²) in [5, 5.41) is 5.06. The first-order chi connectivity index (χ1) is 29.2. The molecule has 0 unspecified atom stereocenters. The van der Waals surface area contributed by atoms with Crippen LogP contribution in [-0.4, -0.2) is 0 Å². The molecule has 5 heteroatoms. The van der Waals surface area contributed by atoms with Crippen LogP contribution in [-0.2, 0) is 0 Å².